The third-order valence-corrected chi connectivity index (χ3v) is 4.55. The van der Waals surface area contributed by atoms with Gasteiger partial charge in [-0.15, -0.1) is 0 Å². The van der Waals surface area contributed by atoms with E-state index in [1.165, 1.54) is 10.5 Å². The molecule has 0 aliphatic carbocycles. The van der Waals surface area contributed by atoms with Gasteiger partial charge in [-0.3, -0.25) is 0 Å². The SMILES string of the molecule is CCC(N)Cc1ccc(Br)cc1Sc1ncnn1C. The summed E-state index contributed by atoms with van der Waals surface area (Å²) in [5.41, 5.74) is 7.32. The second kappa shape index (κ2) is 6.54. The summed E-state index contributed by atoms with van der Waals surface area (Å²) in [6.07, 6.45) is 3.42. The molecule has 0 radical (unpaired) electrons. The van der Waals surface area contributed by atoms with E-state index >= 15 is 0 Å². The van der Waals surface area contributed by atoms with E-state index in [9.17, 15) is 0 Å². The Labute approximate surface area is 125 Å². The third-order valence-electron chi connectivity index (χ3n) is 2.91. The van der Waals surface area contributed by atoms with Gasteiger partial charge in [0.05, 0.1) is 0 Å². The predicted molar refractivity (Wildman–Crippen MR) is 81.2 cm³/mol. The van der Waals surface area contributed by atoms with E-state index in [0.717, 1.165) is 22.5 Å². The third kappa shape index (κ3) is 3.81. The van der Waals surface area contributed by atoms with Crippen molar-refractivity contribution in [2.75, 3.05) is 0 Å². The molecule has 1 aromatic carbocycles. The minimum atomic E-state index is 0.194. The molecular weight excluding hydrogens is 324 g/mol. The van der Waals surface area contributed by atoms with Crippen LogP contribution in [0.1, 0.15) is 18.9 Å². The molecule has 2 N–H and O–H groups in total. The summed E-state index contributed by atoms with van der Waals surface area (Å²) >= 11 is 5.13. The minimum Gasteiger partial charge on any atom is -0.327 e. The van der Waals surface area contributed by atoms with Gasteiger partial charge in [0.25, 0.3) is 0 Å². The molecule has 0 fully saturated rings. The number of rotatable bonds is 5. The second-order valence-corrected chi connectivity index (χ2v) is 6.32. The number of nitrogens with zero attached hydrogens (tertiary/aromatic N) is 3. The smallest absolute Gasteiger partial charge is 0.190 e. The lowest BCUT2D eigenvalue weighted by Crippen LogP contribution is -2.21. The van der Waals surface area contributed by atoms with Gasteiger partial charge in [0, 0.05) is 22.5 Å². The van der Waals surface area contributed by atoms with Crippen LogP contribution in [0, 0.1) is 0 Å². The number of halogens is 1. The number of nitrogens with two attached hydrogens (primary N) is 1. The standard InChI is InChI=1S/C13H17BrN4S/c1-3-11(15)6-9-4-5-10(14)7-12(9)19-13-16-8-17-18(13)2/h4-5,7-8,11H,3,6,15H2,1-2H3. The Morgan fingerprint density at radius 2 is 2.26 bits per heavy atom. The quantitative estimate of drug-likeness (QED) is 0.908. The van der Waals surface area contributed by atoms with Crippen molar-refractivity contribution in [3.8, 4) is 0 Å². The van der Waals surface area contributed by atoms with Crippen molar-refractivity contribution >= 4 is 27.7 Å². The molecule has 0 aliphatic rings. The molecule has 1 unspecified atom stereocenters. The maximum absolute atomic E-state index is 6.06. The number of aryl methyl sites for hydroxylation is 1. The maximum atomic E-state index is 6.06. The molecule has 0 spiro atoms. The molecule has 6 heteroatoms. The second-order valence-electron chi connectivity index (χ2n) is 4.39. The molecule has 0 amide bonds. The van der Waals surface area contributed by atoms with E-state index < -0.39 is 0 Å². The highest BCUT2D eigenvalue weighted by atomic mass is 79.9. The summed E-state index contributed by atoms with van der Waals surface area (Å²) in [6, 6.07) is 6.48. The van der Waals surface area contributed by atoms with E-state index in [1.54, 1.807) is 22.8 Å². The molecule has 0 saturated carbocycles. The predicted octanol–water partition coefficient (Wildman–Crippen LogP) is 3.01. The average Bonchev–Trinajstić information content (AvgIpc) is 2.78. The average molecular weight is 341 g/mol. The van der Waals surface area contributed by atoms with Gasteiger partial charge in [-0.2, -0.15) is 5.10 Å². The first-order valence-electron chi connectivity index (χ1n) is 6.16. The first kappa shape index (κ1) is 14.6. The lowest BCUT2D eigenvalue weighted by molar-refractivity contribution is 0.640. The number of aromatic nitrogens is 3. The Kier molecular flexibility index (Phi) is 5.01. The molecule has 0 saturated heterocycles. The fourth-order valence-corrected chi connectivity index (χ4v) is 3.15. The Bertz CT molecular complexity index is 555. The van der Waals surface area contributed by atoms with Crippen molar-refractivity contribution in [2.24, 2.45) is 12.8 Å². The molecule has 1 atom stereocenters. The molecule has 2 rings (SSSR count). The Morgan fingerprint density at radius 1 is 1.47 bits per heavy atom. The van der Waals surface area contributed by atoms with Crippen LogP contribution in [0.15, 0.2) is 39.1 Å². The van der Waals surface area contributed by atoms with Crippen molar-refractivity contribution in [3.63, 3.8) is 0 Å². The molecule has 1 aromatic heterocycles. The molecular formula is C13H17BrN4S. The van der Waals surface area contributed by atoms with Crippen LogP contribution in [0.3, 0.4) is 0 Å². The van der Waals surface area contributed by atoms with E-state index in [1.807, 2.05) is 7.05 Å². The van der Waals surface area contributed by atoms with Crippen LogP contribution in [0.5, 0.6) is 0 Å². The van der Waals surface area contributed by atoms with Crippen molar-refractivity contribution in [1.82, 2.24) is 14.8 Å². The van der Waals surface area contributed by atoms with Gasteiger partial charge in [-0.1, -0.05) is 28.9 Å². The zero-order valence-electron chi connectivity index (χ0n) is 11.0. The summed E-state index contributed by atoms with van der Waals surface area (Å²) < 4.78 is 2.83. The number of hydrogen-bond acceptors (Lipinski definition) is 4. The van der Waals surface area contributed by atoms with Crippen LogP contribution in [-0.2, 0) is 13.5 Å². The molecule has 19 heavy (non-hydrogen) atoms. The fraction of sp³-hybridized carbons (Fsp3) is 0.385. The highest BCUT2D eigenvalue weighted by Crippen LogP contribution is 2.31. The van der Waals surface area contributed by atoms with Gasteiger partial charge in [0.15, 0.2) is 5.16 Å². The summed E-state index contributed by atoms with van der Waals surface area (Å²) in [4.78, 5) is 5.42. The van der Waals surface area contributed by atoms with Gasteiger partial charge >= 0.3 is 0 Å². The highest BCUT2D eigenvalue weighted by Gasteiger charge is 2.11. The Balaban J connectivity index is 2.27. The molecule has 2 aromatic rings. The summed E-state index contributed by atoms with van der Waals surface area (Å²) in [7, 11) is 1.89. The van der Waals surface area contributed by atoms with E-state index in [0.29, 0.717) is 0 Å². The summed E-state index contributed by atoms with van der Waals surface area (Å²) in [5.74, 6) is 0. The summed E-state index contributed by atoms with van der Waals surface area (Å²) in [5, 5.41) is 4.97. The van der Waals surface area contributed by atoms with E-state index in [4.69, 9.17) is 5.73 Å². The Morgan fingerprint density at radius 3 is 2.89 bits per heavy atom. The van der Waals surface area contributed by atoms with Gasteiger partial charge in [0.1, 0.15) is 6.33 Å². The van der Waals surface area contributed by atoms with Crippen LogP contribution < -0.4 is 5.73 Å². The van der Waals surface area contributed by atoms with Crippen molar-refractivity contribution in [3.05, 3.63) is 34.6 Å². The molecule has 1 heterocycles. The van der Waals surface area contributed by atoms with Crippen molar-refractivity contribution in [2.45, 2.75) is 35.9 Å². The fourth-order valence-electron chi connectivity index (χ4n) is 1.70. The van der Waals surface area contributed by atoms with Crippen molar-refractivity contribution < 1.29 is 0 Å². The van der Waals surface area contributed by atoms with E-state index in [-0.39, 0.29) is 6.04 Å². The van der Waals surface area contributed by atoms with Gasteiger partial charge < -0.3 is 5.73 Å². The molecule has 0 bridgehead atoms. The van der Waals surface area contributed by atoms with Crippen LogP contribution in [0.25, 0.3) is 0 Å². The van der Waals surface area contributed by atoms with Gasteiger partial charge in [-0.05, 0) is 42.3 Å². The van der Waals surface area contributed by atoms with Crippen LogP contribution >= 0.6 is 27.7 Å². The lowest BCUT2D eigenvalue weighted by atomic mass is 10.1. The van der Waals surface area contributed by atoms with Crippen LogP contribution in [-0.4, -0.2) is 20.8 Å². The zero-order chi connectivity index (χ0) is 13.8. The Hall–Kier alpha value is -0.850. The monoisotopic (exact) mass is 340 g/mol. The number of hydrogen-bond donors (Lipinski definition) is 1. The van der Waals surface area contributed by atoms with Gasteiger partial charge in [0.2, 0.25) is 0 Å². The molecule has 102 valence electrons. The minimum absolute atomic E-state index is 0.194. The topological polar surface area (TPSA) is 56.7 Å². The number of benzene rings is 1. The van der Waals surface area contributed by atoms with E-state index in [2.05, 4.69) is 51.1 Å². The van der Waals surface area contributed by atoms with Crippen LogP contribution in [0.4, 0.5) is 0 Å². The largest absolute Gasteiger partial charge is 0.327 e. The first-order chi connectivity index (χ1) is 9.10. The normalized spacial score (nSPS) is 12.6. The molecule has 4 nitrogen and oxygen atoms in total. The maximum Gasteiger partial charge on any atom is 0.190 e. The summed E-state index contributed by atoms with van der Waals surface area (Å²) in [6.45, 7) is 2.11. The zero-order valence-corrected chi connectivity index (χ0v) is 13.4. The van der Waals surface area contributed by atoms with Gasteiger partial charge in [-0.25, -0.2) is 9.67 Å². The van der Waals surface area contributed by atoms with Crippen molar-refractivity contribution in [1.29, 1.82) is 0 Å². The molecule has 0 aliphatic heterocycles. The first-order valence-corrected chi connectivity index (χ1v) is 7.77. The lowest BCUT2D eigenvalue weighted by Gasteiger charge is -2.13. The van der Waals surface area contributed by atoms with Crippen LogP contribution in [0.2, 0.25) is 0 Å². The highest BCUT2D eigenvalue weighted by molar-refractivity contribution is 9.10.